The van der Waals surface area contributed by atoms with Gasteiger partial charge in [0.1, 0.15) is 0 Å². The largest absolute Gasteiger partial charge is 0.0853 e. The van der Waals surface area contributed by atoms with E-state index < -0.39 is 0 Å². The average molecular weight is 152 g/mol. The van der Waals surface area contributed by atoms with Gasteiger partial charge >= 0.3 is 0 Å². The number of allylic oxidation sites excluding steroid dienone is 2. The lowest BCUT2D eigenvalue weighted by Crippen LogP contribution is -1.88. The highest BCUT2D eigenvalue weighted by atomic mass is 14.5. The Morgan fingerprint density at radius 2 is 2.09 bits per heavy atom. The van der Waals surface area contributed by atoms with Crippen LogP contribution in [0.3, 0.4) is 0 Å². The summed E-state index contributed by atoms with van der Waals surface area (Å²) in [6, 6.07) is 0. The summed E-state index contributed by atoms with van der Waals surface area (Å²) in [4.78, 5) is 0. The van der Waals surface area contributed by atoms with Gasteiger partial charge in [0, 0.05) is 0 Å². The van der Waals surface area contributed by atoms with Gasteiger partial charge in [0.25, 0.3) is 0 Å². The molecule has 0 N–H and O–H groups in total. The van der Waals surface area contributed by atoms with E-state index in [2.05, 4.69) is 33.8 Å². The summed E-state index contributed by atoms with van der Waals surface area (Å²) in [5, 5.41) is 0. The van der Waals surface area contributed by atoms with Crippen LogP contribution in [0.5, 0.6) is 0 Å². The zero-order valence-electron chi connectivity index (χ0n) is 8.28. The minimum Gasteiger partial charge on any atom is -0.0853 e. The standard InChI is InChI=1S/C11H20/c1-5-9(2)6-7-10-8-11(10,3)4/h6,10H,5,7-8H2,1-4H3. The summed E-state index contributed by atoms with van der Waals surface area (Å²) in [5.74, 6) is 0.976. The molecule has 0 spiro atoms. The second-order valence-corrected chi connectivity index (χ2v) is 4.53. The Morgan fingerprint density at radius 1 is 1.55 bits per heavy atom. The highest BCUT2D eigenvalue weighted by Crippen LogP contribution is 2.53. The van der Waals surface area contributed by atoms with Crippen LogP contribution in [0.25, 0.3) is 0 Å². The number of rotatable bonds is 3. The average Bonchev–Trinajstić information content (AvgIpc) is 2.54. The molecule has 1 aliphatic carbocycles. The molecule has 0 heteroatoms. The van der Waals surface area contributed by atoms with Gasteiger partial charge in [0.2, 0.25) is 0 Å². The Labute approximate surface area is 70.7 Å². The first-order valence-corrected chi connectivity index (χ1v) is 4.72. The molecule has 0 aliphatic heterocycles. The van der Waals surface area contributed by atoms with Crippen molar-refractivity contribution in [1.82, 2.24) is 0 Å². The van der Waals surface area contributed by atoms with Gasteiger partial charge in [-0.25, -0.2) is 0 Å². The van der Waals surface area contributed by atoms with Crippen molar-refractivity contribution in [1.29, 1.82) is 0 Å². The number of hydrogen-bond acceptors (Lipinski definition) is 0. The van der Waals surface area contributed by atoms with E-state index in [0.29, 0.717) is 5.41 Å². The summed E-state index contributed by atoms with van der Waals surface area (Å²) >= 11 is 0. The normalized spacial score (nSPS) is 28.7. The van der Waals surface area contributed by atoms with Crippen molar-refractivity contribution >= 4 is 0 Å². The molecule has 0 heterocycles. The molecular formula is C11H20. The van der Waals surface area contributed by atoms with Crippen molar-refractivity contribution in [3.63, 3.8) is 0 Å². The monoisotopic (exact) mass is 152 g/mol. The van der Waals surface area contributed by atoms with Crippen LogP contribution in [0.2, 0.25) is 0 Å². The molecule has 1 saturated carbocycles. The van der Waals surface area contributed by atoms with Crippen LogP contribution >= 0.6 is 0 Å². The van der Waals surface area contributed by atoms with E-state index in [1.54, 1.807) is 5.57 Å². The molecular weight excluding hydrogens is 132 g/mol. The van der Waals surface area contributed by atoms with Crippen LogP contribution in [0.1, 0.15) is 47.0 Å². The molecule has 0 bridgehead atoms. The molecule has 0 saturated heterocycles. The Hall–Kier alpha value is -0.260. The third kappa shape index (κ3) is 2.36. The van der Waals surface area contributed by atoms with Gasteiger partial charge in [0.05, 0.1) is 0 Å². The fourth-order valence-electron chi connectivity index (χ4n) is 1.47. The van der Waals surface area contributed by atoms with Crippen molar-refractivity contribution < 1.29 is 0 Å². The molecule has 0 aromatic rings. The molecule has 64 valence electrons. The van der Waals surface area contributed by atoms with Gasteiger partial charge in [-0.15, -0.1) is 0 Å². The van der Waals surface area contributed by atoms with E-state index in [1.807, 2.05) is 0 Å². The molecule has 1 fully saturated rings. The molecule has 11 heavy (non-hydrogen) atoms. The van der Waals surface area contributed by atoms with Crippen LogP contribution in [0, 0.1) is 11.3 Å². The molecule has 1 unspecified atom stereocenters. The molecule has 1 rings (SSSR count). The van der Waals surface area contributed by atoms with Crippen LogP contribution in [-0.2, 0) is 0 Å². The smallest absolute Gasteiger partial charge is 0.0314 e. The minimum atomic E-state index is 0.657. The third-order valence-electron chi connectivity index (χ3n) is 3.03. The molecule has 1 aliphatic rings. The summed E-state index contributed by atoms with van der Waals surface area (Å²) in [6.07, 6.45) is 6.37. The zero-order chi connectivity index (χ0) is 8.48. The topological polar surface area (TPSA) is 0 Å². The summed E-state index contributed by atoms with van der Waals surface area (Å²) in [6.45, 7) is 9.19. The maximum absolute atomic E-state index is 2.42. The van der Waals surface area contributed by atoms with E-state index in [0.717, 1.165) is 5.92 Å². The molecule has 0 nitrogen and oxygen atoms in total. The van der Waals surface area contributed by atoms with Gasteiger partial charge in [0.15, 0.2) is 0 Å². The first-order chi connectivity index (χ1) is 5.06. The van der Waals surface area contributed by atoms with Crippen molar-refractivity contribution in [3.8, 4) is 0 Å². The molecule has 0 amide bonds. The summed E-state index contributed by atoms with van der Waals surface area (Å²) in [5.41, 5.74) is 2.21. The second-order valence-electron chi connectivity index (χ2n) is 4.53. The van der Waals surface area contributed by atoms with Gasteiger partial charge in [-0.05, 0) is 37.5 Å². The second kappa shape index (κ2) is 3.00. The molecule has 0 radical (unpaired) electrons. The summed E-state index contributed by atoms with van der Waals surface area (Å²) in [7, 11) is 0. The first-order valence-electron chi connectivity index (χ1n) is 4.72. The van der Waals surface area contributed by atoms with Crippen LogP contribution < -0.4 is 0 Å². The summed E-state index contributed by atoms with van der Waals surface area (Å²) < 4.78 is 0. The Bertz CT molecular complexity index is 163. The lowest BCUT2D eigenvalue weighted by Gasteiger charge is -1.99. The van der Waals surface area contributed by atoms with E-state index in [4.69, 9.17) is 0 Å². The lowest BCUT2D eigenvalue weighted by molar-refractivity contribution is 0.562. The quantitative estimate of drug-likeness (QED) is 0.540. The fraction of sp³-hybridized carbons (Fsp3) is 0.818. The van der Waals surface area contributed by atoms with E-state index in [1.165, 1.54) is 19.3 Å². The van der Waals surface area contributed by atoms with Gasteiger partial charge in [-0.1, -0.05) is 32.4 Å². The van der Waals surface area contributed by atoms with E-state index in [9.17, 15) is 0 Å². The van der Waals surface area contributed by atoms with Crippen molar-refractivity contribution in [2.24, 2.45) is 11.3 Å². The van der Waals surface area contributed by atoms with Crippen LogP contribution in [0.4, 0.5) is 0 Å². The Morgan fingerprint density at radius 3 is 2.45 bits per heavy atom. The molecule has 1 atom stereocenters. The Kier molecular flexibility index (Phi) is 2.41. The highest BCUT2D eigenvalue weighted by Gasteiger charge is 2.44. The predicted octanol–water partition coefficient (Wildman–Crippen LogP) is 3.78. The molecule has 0 aromatic carbocycles. The number of hydrogen-bond donors (Lipinski definition) is 0. The SMILES string of the molecule is CCC(C)=CCC1CC1(C)C. The minimum absolute atomic E-state index is 0.657. The predicted molar refractivity (Wildman–Crippen MR) is 50.6 cm³/mol. The van der Waals surface area contributed by atoms with Crippen LogP contribution in [-0.4, -0.2) is 0 Å². The molecule has 0 aromatic heterocycles. The van der Waals surface area contributed by atoms with E-state index in [-0.39, 0.29) is 0 Å². The maximum atomic E-state index is 2.42. The first kappa shape index (κ1) is 8.83. The van der Waals surface area contributed by atoms with E-state index >= 15 is 0 Å². The van der Waals surface area contributed by atoms with Crippen LogP contribution in [0.15, 0.2) is 11.6 Å². The van der Waals surface area contributed by atoms with Crippen molar-refractivity contribution in [2.75, 3.05) is 0 Å². The van der Waals surface area contributed by atoms with Gasteiger partial charge in [-0.2, -0.15) is 0 Å². The van der Waals surface area contributed by atoms with Gasteiger partial charge < -0.3 is 0 Å². The Balaban J connectivity index is 2.25. The van der Waals surface area contributed by atoms with Crippen molar-refractivity contribution in [3.05, 3.63) is 11.6 Å². The zero-order valence-corrected chi connectivity index (χ0v) is 8.28. The maximum Gasteiger partial charge on any atom is -0.0314 e. The fourth-order valence-corrected chi connectivity index (χ4v) is 1.47. The van der Waals surface area contributed by atoms with Gasteiger partial charge in [-0.3, -0.25) is 0 Å². The highest BCUT2D eigenvalue weighted by molar-refractivity contribution is 5.04. The van der Waals surface area contributed by atoms with Crippen molar-refractivity contribution in [2.45, 2.75) is 47.0 Å². The third-order valence-corrected chi connectivity index (χ3v) is 3.03. The lowest BCUT2D eigenvalue weighted by atomic mass is 10.1.